The van der Waals surface area contributed by atoms with Crippen LogP contribution in [-0.4, -0.2) is 9.97 Å². The summed E-state index contributed by atoms with van der Waals surface area (Å²) in [5, 5.41) is 4.08. The van der Waals surface area contributed by atoms with Gasteiger partial charge in [-0.15, -0.1) is 0 Å². The minimum atomic E-state index is -0.260. The van der Waals surface area contributed by atoms with E-state index in [1.165, 1.54) is 12.1 Å². The van der Waals surface area contributed by atoms with Gasteiger partial charge in [0.2, 0.25) is 5.95 Å². The predicted molar refractivity (Wildman–Crippen MR) is 93.8 cm³/mol. The average molecular weight is 327 g/mol. The number of nitrogens with zero attached hydrogens (tertiary/aromatic N) is 2. The molecule has 0 aliphatic rings. The van der Waals surface area contributed by atoms with Crippen LogP contribution in [0.5, 0.6) is 0 Å². The zero-order valence-corrected chi connectivity index (χ0v) is 13.7. The van der Waals surface area contributed by atoms with Crippen molar-refractivity contribution in [2.75, 3.05) is 5.73 Å². The van der Waals surface area contributed by atoms with Gasteiger partial charge in [0.25, 0.3) is 0 Å². The smallest absolute Gasteiger partial charge is 0.221 e. The van der Waals surface area contributed by atoms with Crippen molar-refractivity contribution in [3.63, 3.8) is 0 Å². The van der Waals surface area contributed by atoms with Gasteiger partial charge >= 0.3 is 0 Å². The van der Waals surface area contributed by atoms with Gasteiger partial charge in [0, 0.05) is 22.1 Å². The number of rotatable bonds is 5. The molecule has 0 fully saturated rings. The zero-order valence-electron chi connectivity index (χ0n) is 12.9. The Hall–Kier alpha value is -2.27. The maximum Gasteiger partial charge on any atom is 0.221 e. The van der Waals surface area contributed by atoms with Crippen molar-refractivity contribution in [2.45, 2.75) is 26.2 Å². The molecule has 0 bridgehead atoms. The largest absolute Gasteiger partial charge is 0.368 e. The summed E-state index contributed by atoms with van der Waals surface area (Å²) in [5.41, 5.74) is 10.6. The Balaban J connectivity index is 2.19. The molecule has 5 heteroatoms. The lowest BCUT2D eigenvalue weighted by Crippen LogP contribution is -2.05. The molecule has 0 saturated carbocycles. The van der Waals surface area contributed by atoms with E-state index in [-0.39, 0.29) is 11.8 Å². The van der Waals surface area contributed by atoms with Crippen LogP contribution in [0.25, 0.3) is 22.5 Å². The molecule has 0 aliphatic carbocycles. The summed E-state index contributed by atoms with van der Waals surface area (Å²) in [6.07, 6.45) is 2.99. The summed E-state index contributed by atoms with van der Waals surface area (Å²) < 4.78 is 13.2. The molecule has 0 spiro atoms. The number of hydrogen-bond donors (Lipinski definition) is 1. The van der Waals surface area contributed by atoms with E-state index in [0.717, 1.165) is 47.3 Å². The minimum Gasteiger partial charge on any atom is -0.368 e. The monoisotopic (exact) mass is 327 g/mol. The third-order valence-electron chi connectivity index (χ3n) is 3.72. The highest BCUT2D eigenvalue weighted by Crippen LogP contribution is 2.32. The van der Waals surface area contributed by atoms with E-state index >= 15 is 0 Å². The first-order valence-electron chi connectivity index (χ1n) is 7.64. The molecule has 0 unspecified atom stereocenters. The maximum absolute atomic E-state index is 13.2. The summed E-state index contributed by atoms with van der Waals surface area (Å²) >= 11 is 1.63. The predicted octanol–water partition coefficient (Wildman–Crippen LogP) is 4.94. The lowest BCUT2D eigenvalue weighted by Gasteiger charge is -2.14. The second-order valence-electron chi connectivity index (χ2n) is 5.38. The summed E-state index contributed by atoms with van der Waals surface area (Å²) in [7, 11) is 0. The number of aromatic nitrogens is 2. The first kappa shape index (κ1) is 15.6. The van der Waals surface area contributed by atoms with Crippen LogP contribution in [0.15, 0.2) is 41.1 Å². The lowest BCUT2D eigenvalue weighted by atomic mass is 9.97. The van der Waals surface area contributed by atoms with Gasteiger partial charge < -0.3 is 5.73 Å². The molecule has 2 heterocycles. The van der Waals surface area contributed by atoms with E-state index < -0.39 is 0 Å². The van der Waals surface area contributed by atoms with Crippen LogP contribution in [0.2, 0.25) is 0 Å². The molecule has 23 heavy (non-hydrogen) atoms. The standard InChI is InChI=1S/C18H18FN3S/c1-2-3-4-15-16(12-5-7-14(19)8-6-12)21-18(20)22-17(15)13-9-10-23-11-13/h5-11H,2-4H2,1H3,(H2,20,21,22). The number of unbranched alkanes of at least 4 members (excludes halogenated alkanes) is 1. The Bertz CT molecular complexity index is 783. The Morgan fingerprint density at radius 1 is 1.04 bits per heavy atom. The molecule has 0 saturated heterocycles. The van der Waals surface area contributed by atoms with Crippen LogP contribution >= 0.6 is 11.3 Å². The van der Waals surface area contributed by atoms with Crippen molar-refractivity contribution in [2.24, 2.45) is 0 Å². The van der Waals surface area contributed by atoms with Crippen LogP contribution in [0.1, 0.15) is 25.3 Å². The summed E-state index contributed by atoms with van der Waals surface area (Å²) in [5.74, 6) is -0.0188. The van der Waals surface area contributed by atoms with Crippen LogP contribution in [0, 0.1) is 5.82 Å². The molecule has 118 valence electrons. The van der Waals surface area contributed by atoms with Gasteiger partial charge in [0.05, 0.1) is 11.4 Å². The van der Waals surface area contributed by atoms with Gasteiger partial charge in [-0.25, -0.2) is 14.4 Å². The molecular formula is C18H18FN3S. The van der Waals surface area contributed by atoms with Crippen molar-refractivity contribution in [1.29, 1.82) is 0 Å². The molecule has 0 aliphatic heterocycles. The number of halogens is 1. The van der Waals surface area contributed by atoms with Crippen LogP contribution in [-0.2, 0) is 6.42 Å². The Morgan fingerprint density at radius 2 is 1.74 bits per heavy atom. The fraction of sp³-hybridized carbons (Fsp3) is 0.222. The van der Waals surface area contributed by atoms with E-state index in [1.807, 2.05) is 11.4 Å². The Morgan fingerprint density at radius 3 is 2.35 bits per heavy atom. The maximum atomic E-state index is 13.2. The summed E-state index contributed by atoms with van der Waals surface area (Å²) in [6, 6.07) is 8.41. The highest BCUT2D eigenvalue weighted by molar-refractivity contribution is 7.08. The Kier molecular flexibility index (Phi) is 4.67. The van der Waals surface area contributed by atoms with Gasteiger partial charge in [0.15, 0.2) is 0 Å². The molecule has 1 aromatic carbocycles. The van der Waals surface area contributed by atoms with Gasteiger partial charge in [0.1, 0.15) is 5.82 Å². The molecule has 0 radical (unpaired) electrons. The average Bonchev–Trinajstić information content (AvgIpc) is 3.08. The zero-order chi connectivity index (χ0) is 16.2. The van der Waals surface area contributed by atoms with Crippen LogP contribution < -0.4 is 5.73 Å². The topological polar surface area (TPSA) is 51.8 Å². The van der Waals surface area contributed by atoms with E-state index in [1.54, 1.807) is 23.5 Å². The van der Waals surface area contributed by atoms with E-state index in [9.17, 15) is 4.39 Å². The van der Waals surface area contributed by atoms with Crippen molar-refractivity contribution in [3.05, 3.63) is 52.5 Å². The van der Waals surface area contributed by atoms with Crippen LogP contribution in [0.3, 0.4) is 0 Å². The second kappa shape index (κ2) is 6.87. The number of anilines is 1. The van der Waals surface area contributed by atoms with Gasteiger partial charge in [-0.05, 0) is 48.6 Å². The van der Waals surface area contributed by atoms with Crippen molar-refractivity contribution < 1.29 is 4.39 Å². The van der Waals surface area contributed by atoms with Gasteiger partial charge in [-0.1, -0.05) is 13.3 Å². The molecule has 3 aromatic rings. The molecule has 0 atom stereocenters. The summed E-state index contributed by atoms with van der Waals surface area (Å²) in [4.78, 5) is 8.92. The number of nitrogen functional groups attached to an aromatic ring is 1. The molecule has 2 aromatic heterocycles. The normalized spacial score (nSPS) is 10.9. The SMILES string of the molecule is CCCCc1c(-c2ccc(F)cc2)nc(N)nc1-c1ccsc1. The first-order chi connectivity index (χ1) is 11.2. The Labute approximate surface area is 139 Å². The van der Waals surface area contributed by atoms with Crippen LogP contribution in [0.4, 0.5) is 10.3 Å². The third-order valence-corrected chi connectivity index (χ3v) is 4.40. The number of benzene rings is 1. The molecular weight excluding hydrogens is 309 g/mol. The van der Waals surface area contributed by atoms with Crippen molar-refractivity contribution in [3.8, 4) is 22.5 Å². The quantitative estimate of drug-likeness (QED) is 0.722. The highest BCUT2D eigenvalue weighted by atomic mass is 32.1. The molecule has 3 rings (SSSR count). The number of hydrogen-bond acceptors (Lipinski definition) is 4. The number of nitrogens with two attached hydrogens (primary N) is 1. The third kappa shape index (κ3) is 3.40. The molecule has 2 N–H and O–H groups in total. The second-order valence-corrected chi connectivity index (χ2v) is 6.16. The highest BCUT2D eigenvalue weighted by Gasteiger charge is 2.16. The van der Waals surface area contributed by atoms with Crippen molar-refractivity contribution in [1.82, 2.24) is 9.97 Å². The molecule has 3 nitrogen and oxygen atoms in total. The fourth-order valence-corrected chi connectivity index (χ4v) is 3.22. The van der Waals surface area contributed by atoms with Gasteiger partial charge in [-0.3, -0.25) is 0 Å². The first-order valence-corrected chi connectivity index (χ1v) is 8.58. The fourth-order valence-electron chi connectivity index (χ4n) is 2.58. The minimum absolute atomic E-state index is 0.241. The number of thiophene rings is 1. The molecule has 0 amide bonds. The van der Waals surface area contributed by atoms with Crippen molar-refractivity contribution >= 4 is 17.3 Å². The van der Waals surface area contributed by atoms with E-state index in [4.69, 9.17) is 5.73 Å². The van der Waals surface area contributed by atoms with E-state index in [2.05, 4.69) is 22.3 Å². The van der Waals surface area contributed by atoms with Gasteiger partial charge in [-0.2, -0.15) is 11.3 Å². The lowest BCUT2D eigenvalue weighted by molar-refractivity contribution is 0.628. The van der Waals surface area contributed by atoms with E-state index in [0.29, 0.717) is 0 Å². The summed E-state index contributed by atoms with van der Waals surface area (Å²) in [6.45, 7) is 2.15.